The number of fused-ring (bicyclic) bond motifs is 2. The van der Waals surface area contributed by atoms with Gasteiger partial charge in [-0.25, -0.2) is 17.6 Å². The summed E-state index contributed by atoms with van der Waals surface area (Å²) in [4.78, 5) is 0. The lowest BCUT2D eigenvalue weighted by atomic mass is 9.88. The quantitative estimate of drug-likeness (QED) is 0.235. The van der Waals surface area contributed by atoms with Crippen molar-refractivity contribution < 1.29 is 17.6 Å². The Morgan fingerprint density at radius 1 is 0.391 bits per heavy atom. The number of allylic oxidation sites excluding steroid dienone is 8. The Balaban J connectivity index is 1.97. The summed E-state index contributed by atoms with van der Waals surface area (Å²) in [6.07, 6.45) is 0. The van der Waals surface area contributed by atoms with Crippen molar-refractivity contribution in [2.75, 3.05) is 0 Å². The molecule has 0 bridgehead atoms. The van der Waals surface area contributed by atoms with Crippen molar-refractivity contribution in [1.29, 1.82) is 42.1 Å². The van der Waals surface area contributed by atoms with Crippen LogP contribution in [0.15, 0.2) is 47.5 Å². The summed E-state index contributed by atoms with van der Waals surface area (Å²) in [7, 11) is 0. The molecule has 3 aromatic carbocycles. The first kappa shape index (κ1) is 29.7. The van der Waals surface area contributed by atoms with Crippen LogP contribution in [0.25, 0.3) is 33.4 Å². The number of nitrogens with zero attached hydrogens (tertiary/aromatic N) is 8. The second kappa shape index (κ2) is 11.2. The second-order valence-corrected chi connectivity index (χ2v) is 9.46. The summed E-state index contributed by atoms with van der Waals surface area (Å²) in [6.45, 7) is 0. The molecular formula is C34H6F4N8. The van der Waals surface area contributed by atoms with Gasteiger partial charge in [-0.15, -0.1) is 0 Å². The molecule has 0 saturated carbocycles. The molecule has 12 heteroatoms. The summed E-state index contributed by atoms with van der Waals surface area (Å²) < 4.78 is 60.2. The van der Waals surface area contributed by atoms with E-state index in [0.29, 0.717) is 24.3 Å². The molecule has 0 aromatic heterocycles. The van der Waals surface area contributed by atoms with Crippen LogP contribution in [0.2, 0.25) is 0 Å². The van der Waals surface area contributed by atoms with Crippen LogP contribution in [0.1, 0.15) is 44.5 Å². The van der Waals surface area contributed by atoms with Gasteiger partial charge in [-0.2, -0.15) is 42.1 Å². The number of hydrogen-bond acceptors (Lipinski definition) is 8. The molecule has 0 amide bonds. The molecular weight excluding hydrogens is 596 g/mol. The Hall–Kier alpha value is -7.74. The number of halogens is 4. The predicted octanol–water partition coefficient (Wildman–Crippen LogP) is 6.48. The molecule has 46 heavy (non-hydrogen) atoms. The number of benzene rings is 3. The zero-order valence-electron chi connectivity index (χ0n) is 22.6. The standard InChI is InChI=1S/C34H6F4N8/c35-27-5-23(29(37)1-15(27)7-39)33-25(13-45)19-3-20-22(4-21(19)31(33)17(9-41)10-42)32(18(11-43)12-44)34(26(20)14-46)24-6-28(36)16(8-40)2-30(24)38/h1-6H. The summed E-state index contributed by atoms with van der Waals surface area (Å²) >= 11 is 0. The summed E-state index contributed by atoms with van der Waals surface area (Å²) in [5, 5.41) is 78.0. The fourth-order valence-corrected chi connectivity index (χ4v) is 5.43. The van der Waals surface area contributed by atoms with Crippen molar-refractivity contribution >= 4 is 33.4 Å². The normalized spacial score (nSPS) is 12.3. The third kappa shape index (κ3) is 4.15. The Morgan fingerprint density at radius 2 is 0.739 bits per heavy atom. The van der Waals surface area contributed by atoms with E-state index in [1.165, 1.54) is 24.3 Å². The van der Waals surface area contributed by atoms with E-state index in [-0.39, 0.29) is 55.7 Å². The monoisotopic (exact) mass is 602 g/mol. The lowest BCUT2D eigenvalue weighted by molar-refractivity contribution is 0.594. The van der Waals surface area contributed by atoms with E-state index in [4.69, 9.17) is 10.5 Å². The predicted molar refractivity (Wildman–Crippen MR) is 150 cm³/mol. The van der Waals surface area contributed by atoms with Crippen molar-refractivity contribution in [2.24, 2.45) is 0 Å². The Bertz CT molecular complexity index is 2290. The van der Waals surface area contributed by atoms with Gasteiger partial charge in [0.25, 0.3) is 0 Å². The van der Waals surface area contributed by atoms with Crippen LogP contribution >= 0.6 is 0 Å². The number of rotatable bonds is 2. The maximum absolute atomic E-state index is 15.4. The van der Waals surface area contributed by atoms with Gasteiger partial charge >= 0.3 is 0 Å². The van der Waals surface area contributed by atoms with Gasteiger partial charge in [0.1, 0.15) is 83.0 Å². The molecule has 0 N–H and O–H groups in total. The summed E-state index contributed by atoms with van der Waals surface area (Å²) in [5.41, 5.74) is -6.25. The van der Waals surface area contributed by atoms with Crippen molar-refractivity contribution in [1.82, 2.24) is 0 Å². The molecule has 0 heterocycles. The van der Waals surface area contributed by atoms with Crippen LogP contribution in [0.5, 0.6) is 0 Å². The third-order valence-electron chi connectivity index (χ3n) is 7.30. The van der Waals surface area contributed by atoms with Gasteiger partial charge in [0, 0.05) is 44.5 Å². The maximum atomic E-state index is 15.4. The van der Waals surface area contributed by atoms with Gasteiger partial charge in [0.2, 0.25) is 0 Å². The van der Waals surface area contributed by atoms with Gasteiger partial charge in [0.05, 0.1) is 22.3 Å². The highest BCUT2D eigenvalue weighted by Gasteiger charge is 2.38. The molecule has 0 aliphatic heterocycles. The lowest BCUT2D eigenvalue weighted by Gasteiger charge is -2.12. The van der Waals surface area contributed by atoms with E-state index in [2.05, 4.69) is 0 Å². The van der Waals surface area contributed by atoms with Gasteiger partial charge in [-0.1, -0.05) is 0 Å². The molecule has 210 valence electrons. The zero-order valence-corrected chi connectivity index (χ0v) is 22.6. The molecule has 0 atom stereocenters. The van der Waals surface area contributed by atoms with Gasteiger partial charge in [0.15, 0.2) is 0 Å². The Labute approximate surface area is 256 Å². The van der Waals surface area contributed by atoms with Gasteiger partial charge in [-0.05, 0) is 47.5 Å². The highest BCUT2D eigenvalue weighted by atomic mass is 19.1. The lowest BCUT2D eigenvalue weighted by Crippen LogP contribution is -1.99. The van der Waals surface area contributed by atoms with Crippen molar-refractivity contribution in [3.63, 3.8) is 0 Å². The van der Waals surface area contributed by atoms with E-state index in [1.54, 1.807) is 24.3 Å². The summed E-state index contributed by atoms with van der Waals surface area (Å²) in [6, 6.07) is 18.1. The molecule has 0 saturated heterocycles. The minimum absolute atomic E-state index is 0.0753. The van der Waals surface area contributed by atoms with E-state index < -0.39 is 56.7 Å². The first-order chi connectivity index (χ1) is 22.1. The van der Waals surface area contributed by atoms with Crippen molar-refractivity contribution in [3.05, 3.63) is 115 Å². The number of hydrogen-bond donors (Lipinski definition) is 0. The molecule has 8 nitrogen and oxygen atoms in total. The molecule has 2 aliphatic carbocycles. The first-order valence-electron chi connectivity index (χ1n) is 12.5. The van der Waals surface area contributed by atoms with Crippen LogP contribution in [0, 0.1) is 114 Å². The topological polar surface area (TPSA) is 190 Å². The van der Waals surface area contributed by atoms with Crippen molar-refractivity contribution in [3.8, 4) is 48.6 Å². The van der Waals surface area contributed by atoms with Gasteiger partial charge < -0.3 is 0 Å². The fraction of sp³-hybridized carbons (Fsp3) is 0. The van der Waals surface area contributed by atoms with Crippen LogP contribution in [0.4, 0.5) is 17.6 Å². The highest BCUT2D eigenvalue weighted by molar-refractivity contribution is 6.29. The van der Waals surface area contributed by atoms with E-state index in [9.17, 15) is 40.4 Å². The first-order valence-corrected chi connectivity index (χ1v) is 12.5. The number of nitriles is 8. The Kier molecular flexibility index (Phi) is 7.21. The maximum Gasteiger partial charge on any atom is 0.141 e. The minimum Gasteiger partial charge on any atom is -0.206 e. The van der Waals surface area contributed by atoms with E-state index >= 15 is 8.78 Å². The van der Waals surface area contributed by atoms with Gasteiger partial charge in [-0.3, -0.25) is 0 Å². The van der Waals surface area contributed by atoms with E-state index in [1.807, 2.05) is 12.1 Å². The third-order valence-corrected chi connectivity index (χ3v) is 7.30. The smallest absolute Gasteiger partial charge is 0.141 e. The summed E-state index contributed by atoms with van der Waals surface area (Å²) in [5.74, 6) is -4.65. The minimum atomic E-state index is -1.16. The van der Waals surface area contributed by atoms with Crippen LogP contribution in [-0.2, 0) is 0 Å². The molecule has 5 rings (SSSR count). The average molecular weight is 602 g/mol. The average Bonchev–Trinajstić information content (AvgIpc) is 3.54. The second-order valence-electron chi connectivity index (χ2n) is 9.46. The fourth-order valence-electron chi connectivity index (χ4n) is 5.43. The van der Waals surface area contributed by atoms with Crippen LogP contribution in [-0.4, -0.2) is 0 Å². The highest BCUT2D eigenvalue weighted by Crippen LogP contribution is 2.55. The molecule has 0 unspecified atom stereocenters. The van der Waals surface area contributed by atoms with Crippen LogP contribution in [0.3, 0.4) is 0 Å². The Morgan fingerprint density at radius 3 is 1.04 bits per heavy atom. The SMILES string of the molecule is N#CC(C#N)=C1C(c2cc(F)c(C#N)cc2F)=C(C#N)c2cc3c(cc21)C(=C(C#N)C#N)C(c1cc(F)c(C#N)cc1F)=C3C#N. The van der Waals surface area contributed by atoms with E-state index in [0.717, 1.165) is 0 Å². The zero-order chi connectivity index (χ0) is 33.4. The molecule has 0 spiro atoms. The molecule has 0 fully saturated rings. The largest absolute Gasteiger partial charge is 0.206 e. The molecule has 2 aliphatic rings. The molecule has 3 aromatic rings. The van der Waals surface area contributed by atoms with Crippen molar-refractivity contribution in [2.45, 2.75) is 0 Å². The van der Waals surface area contributed by atoms with Crippen LogP contribution < -0.4 is 0 Å². The molecule has 0 radical (unpaired) electrons.